The molecular weight excluding hydrogens is 468 g/mol. The smallest absolute Gasteiger partial charge is 0.347 e. The van der Waals surface area contributed by atoms with Crippen LogP contribution < -0.4 is 0 Å². The van der Waals surface area contributed by atoms with E-state index < -0.39 is 24.1 Å². The average molecular weight is 493 g/mol. The van der Waals surface area contributed by atoms with Crippen LogP contribution in [0.5, 0.6) is 0 Å². The first-order valence-electron chi connectivity index (χ1n) is 12.4. The Kier molecular flexibility index (Phi) is 4.86. The van der Waals surface area contributed by atoms with Gasteiger partial charge in [0.15, 0.2) is 0 Å². The van der Waals surface area contributed by atoms with Crippen LogP contribution in [-0.4, -0.2) is 43.5 Å². The highest BCUT2D eigenvalue weighted by atomic mass is 16.6. The predicted molar refractivity (Wildman–Crippen MR) is 139 cm³/mol. The molecule has 37 heavy (non-hydrogen) atoms. The molecule has 7 nitrogen and oxygen atoms in total. The summed E-state index contributed by atoms with van der Waals surface area (Å²) in [5, 5.41) is 21.8. The third kappa shape index (κ3) is 3.35. The van der Waals surface area contributed by atoms with Gasteiger partial charge in [0.25, 0.3) is 0 Å². The molecule has 1 aliphatic heterocycles. The first-order chi connectivity index (χ1) is 18.0. The molecule has 0 amide bonds. The fraction of sp³-hybridized carbons (Fsp3) is 0.200. The van der Waals surface area contributed by atoms with Gasteiger partial charge in [-0.3, -0.25) is 0 Å². The zero-order valence-corrected chi connectivity index (χ0v) is 19.8. The van der Waals surface area contributed by atoms with Crippen LogP contribution in [0.1, 0.15) is 36.1 Å². The van der Waals surface area contributed by atoms with Crippen LogP contribution in [0.15, 0.2) is 85.2 Å². The van der Waals surface area contributed by atoms with E-state index in [4.69, 9.17) is 4.74 Å². The number of cyclic esters (lactones) is 2. The summed E-state index contributed by atoms with van der Waals surface area (Å²) in [6, 6.07) is 15.4. The van der Waals surface area contributed by atoms with Crippen molar-refractivity contribution in [2.75, 3.05) is 0 Å². The van der Waals surface area contributed by atoms with Crippen molar-refractivity contribution in [2.24, 2.45) is 0 Å². The van der Waals surface area contributed by atoms with E-state index in [1.54, 1.807) is 12.2 Å². The minimum atomic E-state index is -0.669. The zero-order chi connectivity index (χ0) is 25.3. The van der Waals surface area contributed by atoms with Crippen LogP contribution in [0.25, 0.3) is 33.0 Å². The number of nitrogens with zero attached hydrogens (tertiary/aromatic N) is 2. The number of hydrogen-bond donors (Lipinski definition) is 2. The van der Waals surface area contributed by atoms with E-state index in [0.29, 0.717) is 24.0 Å². The van der Waals surface area contributed by atoms with Crippen LogP contribution in [0.3, 0.4) is 0 Å². The van der Waals surface area contributed by atoms with Crippen molar-refractivity contribution < 1.29 is 24.5 Å². The molecule has 7 heteroatoms. The summed E-state index contributed by atoms with van der Waals surface area (Å²) < 4.78 is 9.31. The average Bonchev–Trinajstić information content (AvgIpc) is 3.70. The number of aliphatic hydroxyl groups is 2. The van der Waals surface area contributed by atoms with Gasteiger partial charge in [-0.05, 0) is 12.1 Å². The lowest BCUT2D eigenvalue weighted by Crippen LogP contribution is -2.07. The molecule has 0 saturated heterocycles. The van der Waals surface area contributed by atoms with Gasteiger partial charge in [-0.2, -0.15) is 0 Å². The van der Waals surface area contributed by atoms with E-state index in [0.717, 1.165) is 21.8 Å². The minimum absolute atomic E-state index is 0.0617. The van der Waals surface area contributed by atoms with Crippen molar-refractivity contribution in [1.82, 2.24) is 9.13 Å². The molecule has 4 unspecified atom stereocenters. The molecule has 3 aliphatic rings. The number of aliphatic hydroxyl groups excluding tert-OH is 2. The van der Waals surface area contributed by atoms with Gasteiger partial charge in [0.1, 0.15) is 0 Å². The molecular formula is C30H24N2O5. The van der Waals surface area contributed by atoms with Gasteiger partial charge in [-0.25, -0.2) is 9.59 Å². The molecule has 4 atom stereocenters. The first-order valence-corrected chi connectivity index (χ1v) is 12.4. The second-order valence-corrected chi connectivity index (χ2v) is 9.87. The van der Waals surface area contributed by atoms with Crippen molar-refractivity contribution >= 4 is 44.9 Å². The Morgan fingerprint density at radius 2 is 1.08 bits per heavy atom. The normalized spacial score (nSPS) is 25.4. The Bertz CT molecular complexity index is 1580. The SMILES string of the molecule is O=C1OC(=O)C(c2cn(C3C=CC(O)C3)c3ccccc23)=C1c1cn(C2C=CC(O)C2)c2ccccc12. The molecule has 7 rings (SSSR count). The second-order valence-electron chi connectivity index (χ2n) is 9.87. The minimum Gasteiger partial charge on any atom is -0.389 e. The molecule has 2 N–H and O–H groups in total. The molecule has 0 fully saturated rings. The van der Waals surface area contributed by atoms with Crippen LogP contribution >= 0.6 is 0 Å². The Hall–Kier alpha value is -4.20. The molecule has 184 valence electrons. The Morgan fingerprint density at radius 3 is 1.49 bits per heavy atom. The highest BCUT2D eigenvalue weighted by Crippen LogP contribution is 2.43. The lowest BCUT2D eigenvalue weighted by atomic mass is 9.95. The number of allylic oxidation sites excluding steroid dienone is 2. The van der Waals surface area contributed by atoms with Gasteiger partial charge >= 0.3 is 11.9 Å². The summed E-state index contributed by atoms with van der Waals surface area (Å²) in [6.45, 7) is 0. The number of aromatic nitrogens is 2. The number of esters is 2. The number of carbonyl (C=O) groups excluding carboxylic acids is 2. The number of para-hydroxylation sites is 2. The summed E-state index contributed by atoms with van der Waals surface area (Å²) in [4.78, 5) is 26.4. The zero-order valence-electron chi connectivity index (χ0n) is 19.8. The van der Waals surface area contributed by atoms with Gasteiger partial charge in [-0.1, -0.05) is 60.7 Å². The predicted octanol–water partition coefficient (Wildman–Crippen LogP) is 4.31. The van der Waals surface area contributed by atoms with E-state index in [1.807, 2.05) is 82.2 Å². The number of hydrogen-bond acceptors (Lipinski definition) is 5. The molecule has 2 aliphatic carbocycles. The van der Waals surface area contributed by atoms with Crippen LogP contribution in [0.4, 0.5) is 0 Å². The summed E-state index contributed by atoms with van der Waals surface area (Å²) in [5.41, 5.74) is 3.56. The van der Waals surface area contributed by atoms with E-state index >= 15 is 0 Å². The van der Waals surface area contributed by atoms with Gasteiger partial charge in [0, 0.05) is 58.2 Å². The molecule has 0 radical (unpaired) electrons. The quantitative estimate of drug-likeness (QED) is 0.252. The van der Waals surface area contributed by atoms with E-state index in [2.05, 4.69) is 0 Å². The summed E-state index contributed by atoms with van der Waals surface area (Å²) in [7, 11) is 0. The van der Waals surface area contributed by atoms with Crippen molar-refractivity contribution in [3.8, 4) is 0 Å². The number of rotatable bonds is 4. The van der Waals surface area contributed by atoms with E-state index in [1.165, 1.54) is 0 Å². The van der Waals surface area contributed by atoms with E-state index in [9.17, 15) is 19.8 Å². The number of benzene rings is 2. The molecule has 3 heterocycles. The van der Waals surface area contributed by atoms with Crippen molar-refractivity contribution in [3.05, 3.63) is 96.4 Å². The monoisotopic (exact) mass is 492 g/mol. The van der Waals surface area contributed by atoms with Gasteiger partial charge < -0.3 is 24.1 Å². The van der Waals surface area contributed by atoms with Crippen LogP contribution in [0.2, 0.25) is 0 Å². The van der Waals surface area contributed by atoms with Crippen molar-refractivity contribution in [3.63, 3.8) is 0 Å². The largest absolute Gasteiger partial charge is 0.389 e. The number of fused-ring (bicyclic) bond motifs is 2. The fourth-order valence-corrected chi connectivity index (χ4v) is 5.97. The molecule has 2 aromatic carbocycles. The Morgan fingerprint density at radius 1 is 0.649 bits per heavy atom. The summed E-state index contributed by atoms with van der Waals surface area (Å²) in [5.74, 6) is -1.34. The third-order valence-electron chi connectivity index (χ3n) is 7.65. The van der Waals surface area contributed by atoms with Gasteiger partial charge in [-0.15, -0.1) is 0 Å². The molecule has 0 saturated carbocycles. The maximum absolute atomic E-state index is 13.2. The number of ether oxygens (including phenoxy) is 1. The maximum atomic E-state index is 13.2. The standard InChI is InChI=1S/C30H24N2O5/c33-19-11-9-17(13-19)31-15-23(21-5-1-3-7-25(21)31)27-28(30(36)37-29(27)35)24-16-32(18-10-12-20(34)14-18)26-8-4-2-6-22(24)26/h1-12,15-20,33-34H,13-14H2. The number of carbonyl (C=O) groups is 2. The highest BCUT2D eigenvalue weighted by Gasteiger charge is 2.38. The molecule has 2 aromatic heterocycles. The van der Waals surface area contributed by atoms with Crippen LogP contribution in [-0.2, 0) is 14.3 Å². The summed E-state index contributed by atoms with van der Waals surface area (Å²) >= 11 is 0. The Balaban J connectivity index is 1.47. The maximum Gasteiger partial charge on any atom is 0.347 e. The molecule has 0 bridgehead atoms. The lowest BCUT2D eigenvalue weighted by molar-refractivity contribution is -0.149. The van der Waals surface area contributed by atoms with E-state index in [-0.39, 0.29) is 23.2 Å². The third-order valence-corrected chi connectivity index (χ3v) is 7.65. The highest BCUT2D eigenvalue weighted by molar-refractivity contribution is 6.46. The topological polar surface area (TPSA) is 93.7 Å². The fourth-order valence-electron chi connectivity index (χ4n) is 5.97. The molecule has 4 aromatic rings. The Labute approximate surface area is 212 Å². The molecule has 0 spiro atoms. The van der Waals surface area contributed by atoms with Crippen LogP contribution in [0, 0.1) is 0 Å². The summed E-state index contributed by atoms with van der Waals surface area (Å²) in [6.07, 6.45) is 11.3. The van der Waals surface area contributed by atoms with Crippen molar-refractivity contribution in [2.45, 2.75) is 37.1 Å². The van der Waals surface area contributed by atoms with Gasteiger partial charge in [0.05, 0.1) is 35.4 Å². The van der Waals surface area contributed by atoms with Crippen molar-refractivity contribution in [1.29, 1.82) is 0 Å². The first kappa shape index (κ1) is 22.0. The van der Waals surface area contributed by atoms with Gasteiger partial charge in [0.2, 0.25) is 0 Å². The second kappa shape index (κ2) is 8.16. The lowest BCUT2D eigenvalue weighted by Gasteiger charge is -2.12.